The third-order valence-corrected chi connectivity index (χ3v) is 6.03. The molecule has 1 amide bonds. The van der Waals surface area contributed by atoms with Gasteiger partial charge in [0.25, 0.3) is 5.91 Å². The number of hydrogen-bond acceptors (Lipinski definition) is 4. The van der Waals surface area contributed by atoms with Gasteiger partial charge in [-0.1, -0.05) is 35.9 Å². The third kappa shape index (κ3) is 4.83. The summed E-state index contributed by atoms with van der Waals surface area (Å²) < 4.78 is 13.1. The van der Waals surface area contributed by atoms with Gasteiger partial charge in [-0.15, -0.1) is 0 Å². The molecule has 0 aliphatic carbocycles. The van der Waals surface area contributed by atoms with E-state index in [0.717, 1.165) is 61.2 Å². The molecule has 1 aliphatic rings. The van der Waals surface area contributed by atoms with Crippen LogP contribution in [-0.4, -0.2) is 61.9 Å². The molecule has 1 N–H and O–H groups in total. The summed E-state index contributed by atoms with van der Waals surface area (Å²) in [5.41, 5.74) is 4.24. The maximum atomic E-state index is 13.1. The molecule has 2 aromatic carbocycles. The fourth-order valence-electron chi connectivity index (χ4n) is 4.04. The lowest BCUT2D eigenvalue weighted by molar-refractivity contribution is 0.0383. The predicted molar refractivity (Wildman–Crippen MR) is 127 cm³/mol. The molecule has 2 heterocycles. The summed E-state index contributed by atoms with van der Waals surface area (Å²) in [6.07, 6.45) is 0. The van der Waals surface area contributed by atoms with Crippen LogP contribution < -0.4 is 10.1 Å². The fourth-order valence-corrected chi connectivity index (χ4v) is 4.17. The van der Waals surface area contributed by atoms with Gasteiger partial charge < -0.3 is 19.4 Å². The Morgan fingerprint density at radius 2 is 1.84 bits per heavy atom. The zero-order chi connectivity index (χ0) is 22.5. The Balaban J connectivity index is 1.66. The highest BCUT2D eigenvalue weighted by molar-refractivity contribution is 6.30. The van der Waals surface area contributed by atoms with E-state index in [-0.39, 0.29) is 5.91 Å². The van der Waals surface area contributed by atoms with Gasteiger partial charge in [0, 0.05) is 36.9 Å². The van der Waals surface area contributed by atoms with Gasteiger partial charge in [-0.2, -0.15) is 0 Å². The van der Waals surface area contributed by atoms with Crippen LogP contribution in [0.5, 0.6) is 5.75 Å². The number of rotatable bonds is 7. The van der Waals surface area contributed by atoms with Crippen LogP contribution in [0.2, 0.25) is 5.02 Å². The summed E-state index contributed by atoms with van der Waals surface area (Å²) in [7, 11) is 1.65. The molecule has 0 saturated carbocycles. The van der Waals surface area contributed by atoms with Gasteiger partial charge in [-0.05, 0) is 42.8 Å². The van der Waals surface area contributed by atoms with E-state index in [0.29, 0.717) is 17.1 Å². The van der Waals surface area contributed by atoms with Crippen LogP contribution in [0.4, 0.5) is 0 Å². The molecule has 7 heteroatoms. The topological polar surface area (TPSA) is 55.7 Å². The molecule has 0 radical (unpaired) electrons. The Hall–Kier alpha value is -2.80. The molecule has 1 aliphatic heterocycles. The molecule has 0 spiro atoms. The highest BCUT2D eigenvalue weighted by Gasteiger charge is 2.21. The second kappa shape index (κ2) is 10.2. The van der Waals surface area contributed by atoms with E-state index in [1.165, 1.54) is 0 Å². The van der Waals surface area contributed by atoms with Gasteiger partial charge in [0.05, 0.1) is 37.3 Å². The van der Waals surface area contributed by atoms with Crippen LogP contribution in [0, 0.1) is 6.92 Å². The number of aromatic nitrogens is 1. The Labute approximate surface area is 193 Å². The normalized spacial score (nSPS) is 14.3. The van der Waals surface area contributed by atoms with Gasteiger partial charge in [-0.3, -0.25) is 9.69 Å². The zero-order valence-electron chi connectivity index (χ0n) is 18.4. The van der Waals surface area contributed by atoms with Crippen LogP contribution in [0.25, 0.3) is 16.9 Å². The highest BCUT2D eigenvalue weighted by Crippen LogP contribution is 2.34. The molecule has 6 nitrogen and oxygen atoms in total. The Kier molecular flexibility index (Phi) is 7.15. The lowest BCUT2D eigenvalue weighted by Gasteiger charge is -2.26. The van der Waals surface area contributed by atoms with Gasteiger partial charge in [-0.25, -0.2) is 0 Å². The maximum absolute atomic E-state index is 13.1. The van der Waals surface area contributed by atoms with Crippen molar-refractivity contribution in [1.29, 1.82) is 0 Å². The van der Waals surface area contributed by atoms with E-state index in [1.807, 2.05) is 61.5 Å². The number of morpholine rings is 1. The molecule has 168 valence electrons. The number of amides is 1. The lowest BCUT2D eigenvalue weighted by atomic mass is 10.1. The average Bonchev–Trinajstić information content (AvgIpc) is 3.17. The van der Waals surface area contributed by atoms with Crippen LogP contribution in [0.1, 0.15) is 16.1 Å². The smallest absolute Gasteiger partial charge is 0.253 e. The maximum Gasteiger partial charge on any atom is 0.253 e. The number of nitrogens with zero attached hydrogens (tertiary/aromatic N) is 2. The van der Waals surface area contributed by atoms with E-state index in [1.54, 1.807) is 7.11 Å². The Morgan fingerprint density at radius 3 is 2.56 bits per heavy atom. The summed E-state index contributed by atoms with van der Waals surface area (Å²) in [6, 6.07) is 17.4. The number of halogens is 1. The standard InChI is InChI=1S/C25H28ClN3O3/c1-18-21(25(30)27-11-12-28-13-15-32-16-14-28)17-23(19-7-9-20(26)10-8-19)29(18)22-5-3-4-6-24(22)31-2/h3-10,17H,11-16H2,1-2H3,(H,27,30). The highest BCUT2D eigenvalue weighted by atomic mass is 35.5. The molecule has 1 fully saturated rings. The molecule has 0 bridgehead atoms. The zero-order valence-corrected chi connectivity index (χ0v) is 19.2. The first-order valence-electron chi connectivity index (χ1n) is 10.8. The van der Waals surface area contributed by atoms with E-state index in [4.69, 9.17) is 21.1 Å². The van der Waals surface area contributed by atoms with Gasteiger partial charge in [0.2, 0.25) is 0 Å². The van der Waals surface area contributed by atoms with E-state index < -0.39 is 0 Å². The van der Waals surface area contributed by atoms with E-state index in [9.17, 15) is 4.79 Å². The van der Waals surface area contributed by atoms with Crippen LogP contribution in [0.15, 0.2) is 54.6 Å². The van der Waals surface area contributed by atoms with E-state index in [2.05, 4.69) is 14.8 Å². The van der Waals surface area contributed by atoms with Crippen molar-refractivity contribution < 1.29 is 14.3 Å². The number of para-hydroxylation sites is 2. The summed E-state index contributed by atoms with van der Waals surface area (Å²) >= 11 is 6.11. The Bertz CT molecular complexity index is 1070. The fraction of sp³-hybridized carbons (Fsp3) is 0.320. The van der Waals surface area contributed by atoms with Gasteiger partial charge in [0.1, 0.15) is 5.75 Å². The van der Waals surface area contributed by atoms with Crippen molar-refractivity contribution in [1.82, 2.24) is 14.8 Å². The van der Waals surface area contributed by atoms with Crippen molar-refractivity contribution in [2.45, 2.75) is 6.92 Å². The molecule has 1 aromatic heterocycles. The van der Waals surface area contributed by atoms with Gasteiger partial charge in [0.15, 0.2) is 0 Å². The third-order valence-electron chi connectivity index (χ3n) is 5.78. The number of hydrogen-bond donors (Lipinski definition) is 1. The second-order valence-electron chi connectivity index (χ2n) is 7.75. The lowest BCUT2D eigenvalue weighted by Crippen LogP contribution is -2.41. The summed E-state index contributed by atoms with van der Waals surface area (Å²) in [6.45, 7) is 6.67. The monoisotopic (exact) mass is 453 g/mol. The van der Waals surface area contributed by atoms with Crippen LogP contribution in [-0.2, 0) is 4.74 Å². The van der Waals surface area contributed by atoms with Crippen molar-refractivity contribution in [3.63, 3.8) is 0 Å². The number of nitrogens with one attached hydrogen (secondary N) is 1. The SMILES string of the molecule is COc1ccccc1-n1c(-c2ccc(Cl)cc2)cc(C(=O)NCCN2CCOCC2)c1C. The molecule has 3 aromatic rings. The number of ether oxygens (including phenoxy) is 2. The number of benzene rings is 2. The van der Waals surface area contributed by atoms with Crippen molar-refractivity contribution >= 4 is 17.5 Å². The average molecular weight is 454 g/mol. The first-order valence-corrected chi connectivity index (χ1v) is 11.2. The molecule has 4 rings (SSSR count). The predicted octanol–water partition coefficient (Wildman–Crippen LogP) is 4.18. The Morgan fingerprint density at radius 1 is 1.12 bits per heavy atom. The molecular formula is C25H28ClN3O3. The second-order valence-corrected chi connectivity index (χ2v) is 8.19. The minimum absolute atomic E-state index is 0.0837. The number of carbonyl (C=O) groups is 1. The first kappa shape index (κ1) is 22.4. The van der Waals surface area contributed by atoms with Crippen molar-refractivity contribution in [3.05, 3.63) is 70.9 Å². The minimum Gasteiger partial charge on any atom is -0.495 e. The molecular weight excluding hydrogens is 426 g/mol. The number of methoxy groups -OCH3 is 1. The van der Waals surface area contributed by atoms with Crippen LogP contribution >= 0.6 is 11.6 Å². The van der Waals surface area contributed by atoms with Crippen molar-refractivity contribution in [3.8, 4) is 22.7 Å². The largest absolute Gasteiger partial charge is 0.495 e. The first-order chi connectivity index (χ1) is 15.6. The summed E-state index contributed by atoms with van der Waals surface area (Å²) in [5.74, 6) is 0.653. The molecule has 0 unspecified atom stereocenters. The quantitative estimate of drug-likeness (QED) is 0.583. The van der Waals surface area contributed by atoms with Gasteiger partial charge >= 0.3 is 0 Å². The summed E-state index contributed by atoms with van der Waals surface area (Å²) in [5, 5.41) is 3.75. The molecule has 32 heavy (non-hydrogen) atoms. The molecule has 0 atom stereocenters. The summed E-state index contributed by atoms with van der Waals surface area (Å²) in [4.78, 5) is 15.4. The van der Waals surface area contributed by atoms with Crippen molar-refractivity contribution in [2.24, 2.45) is 0 Å². The van der Waals surface area contributed by atoms with E-state index >= 15 is 0 Å². The number of carbonyl (C=O) groups excluding carboxylic acids is 1. The molecule has 1 saturated heterocycles. The minimum atomic E-state index is -0.0837. The van der Waals surface area contributed by atoms with Crippen LogP contribution in [0.3, 0.4) is 0 Å². The van der Waals surface area contributed by atoms with Crippen molar-refractivity contribution in [2.75, 3.05) is 46.5 Å².